The number of nitrogens with two attached hydrogens (primary N) is 1. The summed E-state index contributed by atoms with van der Waals surface area (Å²) >= 11 is 0. The average Bonchev–Trinajstić information content (AvgIpc) is 3.04. The van der Waals surface area contributed by atoms with Gasteiger partial charge in [0.2, 0.25) is 0 Å². The number of H-pyrrole nitrogens is 1. The Balaban J connectivity index is 2.16. The minimum atomic E-state index is -0.182. The van der Waals surface area contributed by atoms with Crippen molar-refractivity contribution >= 4 is 11.7 Å². The maximum Gasteiger partial charge on any atom is 0.290 e. The first-order valence-corrected chi connectivity index (χ1v) is 5.31. The van der Waals surface area contributed by atoms with E-state index in [1.807, 2.05) is 4.90 Å². The van der Waals surface area contributed by atoms with Gasteiger partial charge in [0.1, 0.15) is 0 Å². The first-order chi connectivity index (χ1) is 7.68. The largest absolute Gasteiger partial charge is 0.388 e. The van der Waals surface area contributed by atoms with Crippen LogP contribution in [0, 0.1) is 5.41 Å². The molecule has 0 saturated heterocycles. The van der Waals surface area contributed by atoms with Crippen LogP contribution >= 0.6 is 0 Å². The Morgan fingerprint density at radius 1 is 1.69 bits per heavy atom. The van der Waals surface area contributed by atoms with E-state index in [2.05, 4.69) is 9.97 Å². The highest BCUT2D eigenvalue weighted by molar-refractivity contribution is 5.77. The average molecular weight is 221 g/mol. The molecule has 1 heterocycles. The number of rotatable bonds is 5. The van der Waals surface area contributed by atoms with Gasteiger partial charge in [-0.25, -0.2) is 4.98 Å². The number of aromatic nitrogens is 2. The van der Waals surface area contributed by atoms with Gasteiger partial charge >= 0.3 is 0 Å². The third-order valence-corrected chi connectivity index (χ3v) is 2.57. The van der Waals surface area contributed by atoms with E-state index in [1.165, 1.54) is 6.20 Å². The van der Waals surface area contributed by atoms with E-state index in [0.717, 1.165) is 12.8 Å². The number of amidine groups is 1. The third kappa shape index (κ3) is 2.39. The lowest BCUT2D eigenvalue weighted by Crippen LogP contribution is -2.34. The third-order valence-electron chi connectivity index (χ3n) is 2.57. The van der Waals surface area contributed by atoms with Crippen molar-refractivity contribution in [3.8, 4) is 0 Å². The Labute approximate surface area is 93.0 Å². The van der Waals surface area contributed by atoms with Crippen LogP contribution in [0.15, 0.2) is 17.2 Å². The van der Waals surface area contributed by atoms with Gasteiger partial charge in [0, 0.05) is 31.4 Å². The van der Waals surface area contributed by atoms with Gasteiger partial charge in [0.25, 0.3) is 5.56 Å². The molecule has 0 atom stereocenters. The number of nitrogens with one attached hydrogen (secondary N) is 2. The van der Waals surface area contributed by atoms with Crippen molar-refractivity contribution in [3.63, 3.8) is 0 Å². The van der Waals surface area contributed by atoms with Crippen molar-refractivity contribution < 1.29 is 0 Å². The van der Waals surface area contributed by atoms with Crippen LogP contribution in [0.5, 0.6) is 0 Å². The summed E-state index contributed by atoms with van der Waals surface area (Å²) < 4.78 is 0. The number of anilines is 1. The van der Waals surface area contributed by atoms with Crippen LogP contribution in [-0.2, 0) is 0 Å². The molecule has 0 unspecified atom stereocenters. The molecule has 2 rings (SSSR count). The summed E-state index contributed by atoms with van der Waals surface area (Å²) in [6.45, 7) is 0.583. The topological polar surface area (TPSA) is 98.9 Å². The SMILES string of the molecule is N=C(N)CCN(c1ncc[nH]c1=O)C1CC1. The zero-order valence-electron chi connectivity index (χ0n) is 8.94. The second-order valence-electron chi connectivity index (χ2n) is 3.94. The van der Waals surface area contributed by atoms with Crippen molar-refractivity contribution in [2.24, 2.45) is 5.73 Å². The molecule has 0 aromatic carbocycles. The van der Waals surface area contributed by atoms with E-state index in [-0.39, 0.29) is 11.4 Å². The van der Waals surface area contributed by atoms with Crippen LogP contribution in [0.3, 0.4) is 0 Å². The fourth-order valence-electron chi connectivity index (χ4n) is 1.64. The first-order valence-electron chi connectivity index (χ1n) is 5.31. The normalized spacial score (nSPS) is 14.8. The number of hydrogen-bond acceptors (Lipinski definition) is 4. The van der Waals surface area contributed by atoms with Gasteiger partial charge in [-0.15, -0.1) is 0 Å². The smallest absolute Gasteiger partial charge is 0.290 e. The maximum atomic E-state index is 11.6. The predicted molar refractivity (Wildman–Crippen MR) is 61.8 cm³/mol. The summed E-state index contributed by atoms with van der Waals surface area (Å²) in [5.41, 5.74) is 5.15. The second kappa shape index (κ2) is 4.34. The van der Waals surface area contributed by atoms with Crippen LogP contribution in [0.4, 0.5) is 5.82 Å². The van der Waals surface area contributed by atoms with Crippen molar-refractivity contribution in [2.75, 3.05) is 11.4 Å². The molecule has 86 valence electrons. The van der Waals surface area contributed by atoms with E-state index < -0.39 is 0 Å². The highest BCUT2D eigenvalue weighted by atomic mass is 16.1. The maximum absolute atomic E-state index is 11.6. The fraction of sp³-hybridized carbons (Fsp3) is 0.500. The van der Waals surface area contributed by atoms with Crippen molar-refractivity contribution in [1.82, 2.24) is 9.97 Å². The van der Waals surface area contributed by atoms with Crippen LogP contribution in [0.1, 0.15) is 19.3 Å². The van der Waals surface area contributed by atoms with Gasteiger partial charge in [-0.3, -0.25) is 10.2 Å². The highest BCUT2D eigenvalue weighted by Crippen LogP contribution is 2.28. The van der Waals surface area contributed by atoms with Gasteiger partial charge in [-0.2, -0.15) is 0 Å². The van der Waals surface area contributed by atoms with Crippen LogP contribution in [-0.4, -0.2) is 28.4 Å². The lowest BCUT2D eigenvalue weighted by Gasteiger charge is -2.21. The van der Waals surface area contributed by atoms with Gasteiger partial charge in [0.05, 0.1) is 5.84 Å². The zero-order valence-corrected chi connectivity index (χ0v) is 8.94. The zero-order chi connectivity index (χ0) is 11.5. The molecule has 1 fully saturated rings. The molecule has 0 amide bonds. The Morgan fingerprint density at radius 2 is 2.44 bits per heavy atom. The molecule has 1 aromatic rings. The summed E-state index contributed by atoms with van der Waals surface area (Å²) in [6.07, 6.45) is 5.70. The minimum absolute atomic E-state index is 0.137. The number of hydrogen-bond donors (Lipinski definition) is 3. The molecule has 0 radical (unpaired) electrons. The first kappa shape index (κ1) is 10.7. The molecular formula is C10H15N5O. The van der Waals surface area contributed by atoms with Crippen molar-refractivity contribution in [3.05, 3.63) is 22.7 Å². The van der Waals surface area contributed by atoms with Gasteiger partial charge in [-0.1, -0.05) is 0 Å². The number of aromatic amines is 1. The Hall–Kier alpha value is -1.85. The molecule has 1 saturated carbocycles. The van der Waals surface area contributed by atoms with Gasteiger partial charge in [-0.05, 0) is 12.8 Å². The molecule has 6 nitrogen and oxygen atoms in total. The van der Waals surface area contributed by atoms with Crippen LogP contribution < -0.4 is 16.2 Å². The Bertz CT molecular complexity index is 437. The van der Waals surface area contributed by atoms with E-state index in [0.29, 0.717) is 24.8 Å². The molecule has 6 heteroatoms. The molecule has 1 aromatic heterocycles. The lowest BCUT2D eigenvalue weighted by molar-refractivity contribution is 0.772. The predicted octanol–water partition coefficient (Wildman–Crippen LogP) is 0.0648. The van der Waals surface area contributed by atoms with Gasteiger partial charge < -0.3 is 15.6 Å². The van der Waals surface area contributed by atoms with Crippen molar-refractivity contribution in [1.29, 1.82) is 5.41 Å². The van der Waals surface area contributed by atoms with Gasteiger partial charge in [0.15, 0.2) is 5.82 Å². The monoisotopic (exact) mass is 221 g/mol. The molecule has 1 aliphatic carbocycles. The summed E-state index contributed by atoms with van der Waals surface area (Å²) in [5.74, 6) is 0.573. The quantitative estimate of drug-likeness (QED) is 0.483. The van der Waals surface area contributed by atoms with Crippen LogP contribution in [0.25, 0.3) is 0 Å². The highest BCUT2D eigenvalue weighted by Gasteiger charge is 2.31. The van der Waals surface area contributed by atoms with E-state index in [1.54, 1.807) is 6.20 Å². The van der Waals surface area contributed by atoms with E-state index >= 15 is 0 Å². The summed E-state index contributed by atoms with van der Waals surface area (Å²) in [5, 5.41) is 7.21. The second-order valence-corrected chi connectivity index (χ2v) is 3.94. The molecule has 0 aliphatic heterocycles. The molecule has 16 heavy (non-hydrogen) atoms. The molecule has 4 N–H and O–H groups in total. The fourth-order valence-corrected chi connectivity index (χ4v) is 1.64. The number of nitrogens with zero attached hydrogens (tertiary/aromatic N) is 2. The van der Waals surface area contributed by atoms with Crippen molar-refractivity contribution in [2.45, 2.75) is 25.3 Å². The lowest BCUT2D eigenvalue weighted by atomic mass is 10.3. The summed E-state index contributed by atoms with van der Waals surface area (Å²) in [4.78, 5) is 20.2. The Morgan fingerprint density at radius 3 is 3.00 bits per heavy atom. The standard InChI is InChI=1S/C10H15N5O/c11-8(12)3-6-15(7-1-2-7)9-10(16)14-5-4-13-9/h4-5,7H,1-3,6H2,(H3,11,12)(H,14,16). The van der Waals surface area contributed by atoms with E-state index in [4.69, 9.17) is 11.1 Å². The summed E-state index contributed by atoms with van der Waals surface area (Å²) in [7, 11) is 0. The van der Waals surface area contributed by atoms with Crippen LogP contribution in [0.2, 0.25) is 0 Å². The summed E-state index contributed by atoms with van der Waals surface area (Å²) in [6, 6.07) is 0.385. The Kier molecular flexibility index (Phi) is 2.89. The molecule has 0 spiro atoms. The molecular weight excluding hydrogens is 206 g/mol. The molecule has 1 aliphatic rings. The minimum Gasteiger partial charge on any atom is -0.388 e. The molecule has 0 bridgehead atoms. The van der Waals surface area contributed by atoms with E-state index in [9.17, 15) is 4.79 Å².